The van der Waals surface area contributed by atoms with Gasteiger partial charge in [0.1, 0.15) is 36.6 Å². The lowest BCUT2D eigenvalue weighted by Crippen LogP contribution is -2.72. The van der Waals surface area contributed by atoms with E-state index in [-0.39, 0.29) is 25.7 Å². The van der Waals surface area contributed by atoms with E-state index in [2.05, 4.69) is 5.32 Å². The van der Waals surface area contributed by atoms with Gasteiger partial charge >= 0.3 is 0 Å². The van der Waals surface area contributed by atoms with E-state index < -0.39 is 92.0 Å². The third kappa shape index (κ3) is 6.59. The van der Waals surface area contributed by atoms with E-state index in [1.54, 1.807) is 0 Å². The van der Waals surface area contributed by atoms with Gasteiger partial charge in [-0.05, 0) is 19.3 Å². The van der Waals surface area contributed by atoms with E-state index in [9.17, 15) is 25.2 Å². The van der Waals surface area contributed by atoms with E-state index in [1.165, 1.54) is 0 Å². The number of nitrogens with two attached hydrogens (primary N) is 4. The molecule has 1 saturated carbocycles. The van der Waals surface area contributed by atoms with Gasteiger partial charge in [0.25, 0.3) is 5.91 Å². The molecule has 40 heavy (non-hydrogen) atoms. The Balaban J connectivity index is 1.51. The smallest absolute Gasteiger partial charge is 0.279 e. The van der Waals surface area contributed by atoms with Gasteiger partial charge < -0.3 is 72.7 Å². The summed E-state index contributed by atoms with van der Waals surface area (Å²) >= 11 is 0. The molecule has 0 aromatic heterocycles. The van der Waals surface area contributed by atoms with Crippen molar-refractivity contribution in [3.63, 3.8) is 0 Å². The van der Waals surface area contributed by atoms with Gasteiger partial charge in [0.2, 0.25) is 0 Å². The van der Waals surface area contributed by atoms with E-state index in [0.29, 0.717) is 25.9 Å². The van der Waals surface area contributed by atoms with Crippen LogP contribution in [0.4, 0.5) is 0 Å². The van der Waals surface area contributed by atoms with Gasteiger partial charge in [-0.2, -0.15) is 0 Å². The number of ether oxygens (including phenoxy) is 4. The fraction of sp³-hybridized carbons (Fsp3) is 0.957. The largest absolute Gasteiger partial charge is 0.395 e. The molecular formula is C23H44N6O11. The fourth-order valence-electron chi connectivity index (χ4n) is 5.55. The number of aliphatic hydroxyl groups excluding tert-OH is 5. The van der Waals surface area contributed by atoms with Gasteiger partial charge in [0, 0.05) is 25.7 Å². The first-order valence-electron chi connectivity index (χ1n) is 13.7. The van der Waals surface area contributed by atoms with Gasteiger partial charge in [0.15, 0.2) is 18.7 Å². The normalized spacial score (nSPS) is 46.3. The molecule has 3 saturated heterocycles. The average Bonchev–Trinajstić information content (AvgIpc) is 2.93. The summed E-state index contributed by atoms with van der Waals surface area (Å²) in [6.45, 7) is 0.195. The summed E-state index contributed by atoms with van der Waals surface area (Å²) in [7, 11) is 0. The highest BCUT2D eigenvalue weighted by atomic mass is 16.7. The second-order valence-electron chi connectivity index (χ2n) is 10.7. The van der Waals surface area contributed by atoms with Gasteiger partial charge in [-0.25, -0.2) is 5.06 Å². The number of rotatable bonds is 11. The van der Waals surface area contributed by atoms with Crippen molar-refractivity contribution in [3.05, 3.63) is 0 Å². The van der Waals surface area contributed by atoms with Crippen LogP contribution in [0.1, 0.15) is 19.3 Å². The van der Waals surface area contributed by atoms with Gasteiger partial charge in [-0.1, -0.05) is 0 Å². The quantitative estimate of drug-likeness (QED) is 0.102. The number of hydrogen-bond acceptors (Lipinski definition) is 16. The summed E-state index contributed by atoms with van der Waals surface area (Å²) in [4.78, 5) is 18.2. The predicted molar refractivity (Wildman–Crippen MR) is 134 cm³/mol. The highest BCUT2D eigenvalue weighted by Gasteiger charge is 2.55. The summed E-state index contributed by atoms with van der Waals surface area (Å²) < 4.78 is 23.7. The molecule has 0 bridgehead atoms. The Morgan fingerprint density at radius 2 is 1.68 bits per heavy atom. The van der Waals surface area contributed by atoms with Crippen LogP contribution in [-0.2, 0) is 28.6 Å². The van der Waals surface area contributed by atoms with Crippen molar-refractivity contribution >= 4 is 5.91 Å². The molecule has 0 aromatic carbocycles. The Morgan fingerprint density at radius 3 is 2.33 bits per heavy atom. The number of amides is 1. The number of hydroxylamine groups is 2. The van der Waals surface area contributed by atoms with Crippen molar-refractivity contribution in [2.24, 2.45) is 22.9 Å². The maximum atomic E-state index is 12.7. The number of carbonyl (C=O) groups is 1. The second-order valence-corrected chi connectivity index (χ2v) is 10.7. The molecule has 17 heteroatoms. The first-order valence-corrected chi connectivity index (χ1v) is 13.7. The summed E-state index contributed by atoms with van der Waals surface area (Å²) in [6.07, 6.45) is -10.1. The molecule has 4 rings (SSSR count). The molecule has 1 aliphatic carbocycles. The lowest BCUT2D eigenvalue weighted by atomic mass is 9.83. The van der Waals surface area contributed by atoms with Crippen LogP contribution in [0.2, 0.25) is 0 Å². The van der Waals surface area contributed by atoms with Crippen molar-refractivity contribution < 1.29 is 54.1 Å². The van der Waals surface area contributed by atoms with Crippen LogP contribution in [0.15, 0.2) is 0 Å². The van der Waals surface area contributed by atoms with E-state index >= 15 is 0 Å². The van der Waals surface area contributed by atoms with Crippen molar-refractivity contribution in [1.82, 2.24) is 10.4 Å². The van der Waals surface area contributed by atoms with Crippen molar-refractivity contribution in [2.75, 3.05) is 32.8 Å². The van der Waals surface area contributed by atoms with Crippen LogP contribution < -0.4 is 28.3 Å². The third-order valence-electron chi connectivity index (χ3n) is 7.92. The highest BCUT2D eigenvalue weighted by molar-refractivity contribution is 5.84. The van der Waals surface area contributed by atoms with Gasteiger partial charge in [-0.3, -0.25) is 9.63 Å². The molecule has 17 nitrogen and oxygen atoms in total. The molecule has 14 atom stereocenters. The maximum absolute atomic E-state index is 12.7. The Labute approximate surface area is 231 Å². The molecule has 3 aliphatic heterocycles. The Hall–Kier alpha value is -1.13. The topological polar surface area (TPSA) is 284 Å². The minimum atomic E-state index is -1.53. The SMILES string of the molecule is NC[C@@H]1ON([C@@H]2C[C@H](N)C(O[C@H]3O[C@H](CNCCO)CC[C@H]3N)[C@H](O)[C@H]2O[C@H]2O[C@H](CO)[C@@H](O)[C@H](N)[C@H]2O)C1=O. The summed E-state index contributed by atoms with van der Waals surface area (Å²) in [5.74, 6) is -0.429. The maximum Gasteiger partial charge on any atom is 0.279 e. The van der Waals surface area contributed by atoms with Gasteiger partial charge in [-0.15, -0.1) is 0 Å². The zero-order chi connectivity index (χ0) is 29.1. The third-order valence-corrected chi connectivity index (χ3v) is 7.92. The molecule has 0 aromatic rings. The predicted octanol–water partition coefficient (Wildman–Crippen LogP) is -6.50. The minimum Gasteiger partial charge on any atom is -0.395 e. The number of nitrogens with one attached hydrogen (secondary N) is 1. The summed E-state index contributed by atoms with van der Waals surface area (Å²) in [5, 5.41) is 55.1. The summed E-state index contributed by atoms with van der Waals surface area (Å²) in [5.41, 5.74) is 24.2. The van der Waals surface area contributed by atoms with Crippen LogP contribution in [0.3, 0.4) is 0 Å². The van der Waals surface area contributed by atoms with E-state index in [0.717, 1.165) is 5.06 Å². The van der Waals surface area contributed by atoms with Crippen molar-refractivity contribution in [1.29, 1.82) is 0 Å². The minimum absolute atomic E-state index is 0.0184. The molecular weight excluding hydrogens is 536 g/mol. The van der Waals surface area contributed by atoms with Crippen LogP contribution in [-0.4, -0.2) is 155 Å². The molecule has 0 spiro atoms. The lowest BCUT2D eigenvalue weighted by molar-refractivity contribution is -0.344. The highest BCUT2D eigenvalue weighted by Crippen LogP contribution is 2.35. The molecule has 1 unspecified atom stereocenters. The molecule has 3 heterocycles. The summed E-state index contributed by atoms with van der Waals surface area (Å²) in [6, 6.07) is -3.48. The fourth-order valence-corrected chi connectivity index (χ4v) is 5.55. The van der Waals surface area contributed by atoms with Crippen LogP contribution in [0.5, 0.6) is 0 Å². The monoisotopic (exact) mass is 580 g/mol. The van der Waals surface area contributed by atoms with Crippen LogP contribution in [0.25, 0.3) is 0 Å². The molecule has 0 radical (unpaired) electrons. The van der Waals surface area contributed by atoms with E-state index in [4.69, 9.17) is 51.8 Å². The van der Waals surface area contributed by atoms with Crippen LogP contribution in [0, 0.1) is 0 Å². The second kappa shape index (κ2) is 13.9. The molecule has 4 aliphatic rings. The van der Waals surface area contributed by atoms with Crippen molar-refractivity contribution in [2.45, 2.75) is 105 Å². The number of hydrogen-bond donors (Lipinski definition) is 10. The molecule has 232 valence electrons. The first kappa shape index (κ1) is 31.8. The first-order chi connectivity index (χ1) is 19.1. The molecule has 1 amide bonds. The van der Waals surface area contributed by atoms with Crippen LogP contribution >= 0.6 is 0 Å². The average molecular weight is 581 g/mol. The standard InChI is InChI=1S/C23H44N6O11/c24-6-13-21(35)29(40-13)12-5-11(26)19(38-22-10(25)2-1-9(36-22)7-28-3-4-30)18(34)20(12)39-23-17(33)15(27)16(32)14(8-31)37-23/h9-20,22-23,28,30-34H,1-8,24-27H2/t9-,10+,11-,12+,13-,14+,15-,16+,17+,18-,19?,20-,22+,23+/m0/s1. The van der Waals surface area contributed by atoms with Gasteiger partial charge in [0.05, 0.1) is 37.4 Å². The van der Waals surface area contributed by atoms with E-state index in [1.807, 2.05) is 0 Å². The number of aliphatic hydroxyl groups is 5. The Kier molecular flexibility index (Phi) is 11.0. The Bertz CT molecular complexity index is 832. The zero-order valence-electron chi connectivity index (χ0n) is 22.2. The number of nitrogens with zero attached hydrogens (tertiary/aromatic N) is 1. The van der Waals surface area contributed by atoms with Crippen molar-refractivity contribution in [3.8, 4) is 0 Å². The Morgan fingerprint density at radius 1 is 0.950 bits per heavy atom. The number of carbonyl (C=O) groups excluding carboxylic acids is 1. The molecule has 14 N–H and O–H groups in total. The lowest BCUT2D eigenvalue weighted by Gasteiger charge is -2.52. The molecule has 4 fully saturated rings. The zero-order valence-corrected chi connectivity index (χ0v) is 22.2.